The summed E-state index contributed by atoms with van der Waals surface area (Å²) in [6.45, 7) is 1.04. The molecule has 1 aromatic carbocycles. The Bertz CT molecular complexity index is 522. The molecule has 0 unspecified atom stereocenters. The fraction of sp³-hybridized carbons (Fsp3) is 0.538. The number of piperidine rings is 1. The molecule has 0 bridgehead atoms. The first kappa shape index (κ1) is 14.3. The lowest BCUT2D eigenvalue weighted by Gasteiger charge is -2.29. The van der Waals surface area contributed by atoms with Crippen molar-refractivity contribution in [3.63, 3.8) is 0 Å². The molecule has 6 heteroatoms. The number of hydrogen-bond donors (Lipinski definition) is 1. The second-order valence-corrected chi connectivity index (χ2v) is 6.81. The van der Waals surface area contributed by atoms with Gasteiger partial charge in [-0.3, -0.25) is 0 Å². The quantitative estimate of drug-likeness (QED) is 0.893. The molecular weight excluding hydrogens is 264 g/mol. The third kappa shape index (κ3) is 3.68. The highest BCUT2D eigenvalue weighted by molar-refractivity contribution is 7.88. The number of sulfonamides is 1. The zero-order chi connectivity index (χ0) is 13.9. The van der Waals surface area contributed by atoms with Crippen LogP contribution < -0.4 is 10.5 Å². The molecule has 1 saturated heterocycles. The third-order valence-electron chi connectivity index (χ3n) is 3.38. The summed E-state index contributed by atoms with van der Waals surface area (Å²) in [6, 6.07) is 7.29. The zero-order valence-corrected chi connectivity index (χ0v) is 11.9. The van der Waals surface area contributed by atoms with Crippen LogP contribution in [0.5, 0.6) is 5.75 Å². The fourth-order valence-corrected chi connectivity index (χ4v) is 3.77. The van der Waals surface area contributed by atoms with Crippen LogP contribution in [0.1, 0.15) is 18.4 Å². The number of benzene rings is 1. The predicted molar refractivity (Wildman–Crippen MR) is 74.4 cm³/mol. The number of methoxy groups -OCH3 is 1. The van der Waals surface area contributed by atoms with Crippen LogP contribution in [0.4, 0.5) is 0 Å². The molecule has 0 saturated carbocycles. The summed E-state index contributed by atoms with van der Waals surface area (Å²) in [6.07, 6.45) is 1.47. The second-order valence-electron chi connectivity index (χ2n) is 4.84. The van der Waals surface area contributed by atoms with Gasteiger partial charge in [0.05, 0.1) is 12.9 Å². The summed E-state index contributed by atoms with van der Waals surface area (Å²) in [5.41, 5.74) is 6.54. The molecule has 106 valence electrons. The molecule has 1 fully saturated rings. The predicted octanol–water partition coefficient (Wildman–Crippen LogP) is 0.948. The Hall–Kier alpha value is -1.11. The Kier molecular flexibility index (Phi) is 4.44. The Morgan fingerprint density at radius 1 is 1.37 bits per heavy atom. The van der Waals surface area contributed by atoms with Crippen LogP contribution in [0, 0.1) is 0 Å². The highest BCUT2D eigenvalue weighted by atomic mass is 32.2. The van der Waals surface area contributed by atoms with E-state index in [1.54, 1.807) is 31.4 Å². The summed E-state index contributed by atoms with van der Waals surface area (Å²) in [4.78, 5) is 0. The van der Waals surface area contributed by atoms with Crippen molar-refractivity contribution < 1.29 is 13.2 Å². The van der Waals surface area contributed by atoms with Gasteiger partial charge in [-0.25, -0.2) is 12.7 Å². The second kappa shape index (κ2) is 5.90. The SMILES string of the molecule is COc1cccc(CS(=O)(=O)N2CCC(N)CC2)c1. The van der Waals surface area contributed by atoms with E-state index in [2.05, 4.69) is 0 Å². The zero-order valence-electron chi connectivity index (χ0n) is 11.1. The first-order chi connectivity index (χ1) is 9.01. The Balaban J connectivity index is 2.08. The topological polar surface area (TPSA) is 72.6 Å². The molecule has 5 nitrogen and oxygen atoms in total. The lowest BCUT2D eigenvalue weighted by Crippen LogP contribution is -2.43. The maximum Gasteiger partial charge on any atom is 0.218 e. The molecule has 2 rings (SSSR count). The summed E-state index contributed by atoms with van der Waals surface area (Å²) in [5.74, 6) is 0.688. The van der Waals surface area contributed by atoms with Gasteiger partial charge < -0.3 is 10.5 Å². The van der Waals surface area contributed by atoms with Crippen molar-refractivity contribution in [3.05, 3.63) is 29.8 Å². The highest BCUT2D eigenvalue weighted by Gasteiger charge is 2.26. The molecule has 0 aliphatic carbocycles. The summed E-state index contributed by atoms with van der Waals surface area (Å²) >= 11 is 0. The number of nitrogens with two attached hydrogens (primary N) is 1. The minimum atomic E-state index is -3.26. The van der Waals surface area contributed by atoms with Gasteiger partial charge in [0.15, 0.2) is 0 Å². The highest BCUT2D eigenvalue weighted by Crippen LogP contribution is 2.19. The fourth-order valence-electron chi connectivity index (χ4n) is 2.22. The maximum absolute atomic E-state index is 12.3. The van der Waals surface area contributed by atoms with Crippen molar-refractivity contribution in [2.45, 2.75) is 24.6 Å². The van der Waals surface area contributed by atoms with Gasteiger partial charge in [-0.1, -0.05) is 12.1 Å². The van der Waals surface area contributed by atoms with Crippen LogP contribution in [-0.2, 0) is 15.8 Å². The van der Waals surface area contributed by atoms with Gasteiger partial charge in [0.25, 0.3) is 0 Å². The molecule has 0 radical (unpaired) electrons. The van der Waals surface area contributed by atoms with Crippen LogP contribution >= 0.6 is 0 Å². The van der Waals surface area contributed by atoms with Crippen molar-refractivity contribution in [3.8, 4) is 5.75 Å². The van der Waals surface area contributed by atoms with E-state index in [0.717, 1.165) is 18.4 Å². The van der Waals surface area contributed by atoms with Gasteiger partial charge in [0.1, 0.15) is 5.75 Å². The van der Waals surface area contributed by atoms with Gasteiger partial charge in [-0.15, -0.1) is 0 Å². The van der Waals surface area contributed by atoms with Crippen LogP contribution in [0.15, 0.2) is 24.3 Å². The van der Waals surface area contributed by atoms with Gasteiger partial charge in [-0.05, 0) is 30.5 Å². The van der Waals surface area contributed by atoms with Crippen molar-refractivity contribution in [2.24, 2.45) is 5.73 Å². The van der Waals surface area contributed by atoms with Crippen LogP contribution in [0.25, 0.3) is 0 Å². The van der Waals surface area contributed by atoms with Crippen molar-refractivity contribution in [2.75, 3.05) is 20.2 Å². The number of hydrogen-bond acceptors (Lipinski definition) is 4. The minimum Gasteiger partial charge on any atom is -0.497 e. The molecule has 0 atom stereocenters. The van der Waals surface area contributed by atoms with Crippen molar-refractivity contribution in [1.82, 2.24) is 4.31 Å². The largest absolute Gasteiger partial charge is 0.497 e. The van der Waals surface area contributed by atoms with Crippen molar-refractivity contribution >= 4 is 10.0 Å². The van der Waals surface area contributed by atoms with E-state index < -0.39 is 10.0 Å². The smallest absolute Gasteiger partial charge is 0.218 e. The van der Waals surface area contributed by atoms with Crippen LogP contribution in [-0.4, -0.2) is 39.0 Å². The molecule has 0 aromatic heterocycles. The Morgan fingerprint density at radius 3 is 2.68 bits per heavy atom. The van der Waals surface area contributed by atoms with Crippen molar-refractivity contribution in [1.29, 1.82) is 0 Å². The molecule has 19 heavy (non-hydrogen) atoms. The van der Waals surface area contributed by atoms with E-state index in [9.17, 15) is 8.42 Å². The number of ether oxygens (including phenoxy) is 1. The molecule has 2 N–H and O–H groups in total. The lowest BCUT2D eigenvalue weighted by molar-refractivity contribution is 0.319. The van der Waals surface area contributed by atoms with E-state index in [1.807, 2.05) is 0 Å². The summed E-state index contributed by atoms with van der Waals surface area (Å²) < 4.78 is 31.3. The van der Waals surface area contributed by atoms with Gasteiger partial charge in [-0.2, -0.15) is 0 Å². The number of rotatable bonds is 4. The molecule has 1 aliphatic heterocycles. The van der Waals surface area contributed by atoms with E-state index >= 15 is 0 Å². The van der Waals surface area contributed by atoms with Crippen LogP contribution in [0.2, 0.25) is 0 Å². The third-order valence-corrected chi connectivity index (χ3v) is 5.23. The normalized spacial score (nSPS) is 18.4. The van der Waals surface area contributed by atoms with E-state index in [1.165, 1.54) is 4.31 Å². The number of nitrogens with zero attached hydrogens (tertiary/aromatic N) is 1. The minimum absolute atomic E-state index is 0.0133. The molecule has 1 aromatic rings. The molecular formula is C13H20N2O3S. The first-order valence-corrected chi connectivity index (χ1v) is 7.98. The monoisotopic (exact) mass is 284 g/mol. The molecule has 0 amide bonds. The Labute approximate surface area is 114 Å². The van der Waals surface area contributed by atoms with E-state index in [4.69, 9.17) is 10.5 Å². The average molecular weight is 284 g/mol. The van der Waals surface area contributed by atoms with E-state index in [-0.39, 0.29) is 11.8 Å². The summed E-state index contributed by atoms with van der Waals surface area (Å²) in [7, 11) is -1.69. The summed E-state index contributed by atoms with van der Waals surface area (Å²) in [5, 5.41) is 0. The average Bonchev–Trinajstić information content (AvgIpc) is 2.39. The van der Waals surface area contributed by atoms with E-state index in [0.29, 0.717) is 18.8 Å². The standard InChI is InChI=1S/C13H20N2O3S/c1-18-13-4-2-3-11(9-13)10-19(16,17)15-7-5-12(14)6-8-15/h2-4,9,12H,5-8,10,14H2,1H3. The van der Waals surface area contributed by atoms with Crippen LogP contribution in [0.3, 0.4) is 0 Å². The molecule has 1 aliphatic rings. The first-order valence-electron chi connectivity index (χ1n) is 6.37. The van der Waals surface area contributed by atoms with Gasteiger partial charge >= 0.3 is 0 Å². The molecule has 0 spiro atoms. The van der Waals surface area contributed by atoms with Gasteiger partial charge in [0.2, 0.25) is 10.0 Å². The lowest BCUT2D eigenvalue weighted by atomic mass is 10.1. The maximum atomic E-state index is 12.3. The van der Waals surface area contributed by atoms with Gasteiger partial charge in [0, 0.05) is 19.1 Å². The Morgan fingerprint density at radius 2 is 2.05 bits per heavy atom. The molecule has 1 heterocycles.